The van der Waals surface area contributed by atoms with Crippen LogP contribution in [0.25, 0.3) is 0 Å². The van der Waals surface area contributed by atoms with Crippen LogP contribution in [0.15, 0.2) is 71.1 Å². The van der Waals surface area contributed by atoms with Gasteiger partial charge in [0.2, 0.25) is 11.6 Å². The Kier molecular flexibility index (Phi) is 13.1. The van der Waals surface area contributed by atoms with Gasteiger partial charge >= 0.3 is 6.09 Å². The van der Waals surface area contributed by atoms with E-state index in [0.717, 1.165) is 6.08 Å². The lowest BCUT2D eigenvalue weighted by Crippen LogP contribution is -2.37. The molecule has 0 saturated heterocycles. The van der Waals surface area contributed by atoms with E-state index in [4.69, 9.17) is 19.9 Å². The molecule has 11 nitrogen and oxygen atoms in total. The molecule has 2 amide bonds. The highest BCUT2D eigenvalue weighted by Gasteiger charge is 2.33. The molecule has 6 atom stereocenters. The fourth-order valence-corrected chi connectivity index (χ4v) is 4.95. The maximum absolute atomic E-state index is 13.5. The van der Waals surface area contributed by atoms with Gasteiger partial charge in [0.15, 0.2) is 6.10 Å². The van der Waals surface area contributed by atoms with Gasteiger partial charge < -0.3 is 35.7 Å². The number of fused-ring (bicyclic) bond motifs is 2. The summed E-state index contributed by atoms with van der Waals surface area (Å²) in [6, 6.07) is 0. The number of rotatable bonds is 6. The van der Waals surface area contributed by atoms with E-state index in [0.29, 0.717) is 12.0 Å². The summed E-state index contributed by atoms with van der Waals surface area (Å²) in [5, 5.41) is 16.7. The van der Waals surface area contributed by atoms with E-state index in [9.17, 15) is 24.3 Å². The van der Waals surface area contributed by atoms with E-state index in [1.807, 2.05) is 6.92 Å². The van der Waals surface area contributed by atoms with Gasteiger partial charge in [-0.25, -0.2) is 4.79 Å². The monoisotopic (exact) mass is 585 g/mol. The van der Waals surface area contributed by atoms with Crippen LogP contribution in [0.3, 0.4) is 0 Å². The van der Waals surface area contributed by atoms with E-state index in [1.54, 1.807) is 45.1 Å². The fourth-order valence-electron chi connectivity index (χ4n) is 4.95. The number of primary amides is 1. The van der Waals surface area contributed by atoms with Crippen LogP contribution >= 0.6 is 0 Å². The Morgan fingerprint density at radius 3 is 2.50 bits per heavy atom. The maximum atomic E-state index is 13.5. The Hall–Kier alpha value is -3.80. The van der Waals surface area contributed by atoms with Crippen molar-refractivity contribution in [2.45, 2.75) is 65.0 Å². The molecule has 2 bridgehead atoms. The molecule has 0 radical (unpaired) electrons. The van der Waals surface area contributed by atoms with Crippen LogP contribution in [-0.4, -0.2) is 73.9 Å². The summed E-state index contributed by atoms with van der Waals surface area (Å²) < 4.78 is 16.6. The highest BCUT2D eigenvalue weighted by atomic mass is 16.6. The van der Waals surface area contributed by atoms with Gasteiger partial charge in [0.05, 0.1) is 23.6 Å². The van der Waals surface area contributed by atoms with Gasteiger partial charge in [-0.05, 0) is 38.2 Å². The summed E-state index contributed by atoms with van der Waals surface area (Å²) in [4.78, 5) is 51.3. The van der Waals surface area contributed by atoms with Crippen LogP contribution in [0, 0.1) is 11.8 Å². The first kappa shape index (κ1) is 34.4. The first-order valence-corrected chi connectivity index (χ1v) is 13.8. The van der Waals surface area contributed by atoms with Crippen molar-refractivity contribution >= 4 is 23.6 Å². The molecule has 1 aliphatic carbocycles. The molecule has 230 valence electrons. The van der Waals surface area contributed by atoms with Crippen molar-refractivity contribution in [1.82, 2.24) is 10.6 Å². The van der Waals surface area contributed by atoms with Gasteiger partial charge in [0.1, 0.15) is 6.10 Å². The lowest BCUT2D eigenvalue weighted by Gasteiger charge is -2.30. The number of methoxy groups -OCH3 is 2. The molecular formula is C31H43N3O8. The number of amides is 2. The van der Waals surface area contributed by atoms with Gasteiger partial charge in [-0.3, -0.25) is 14.4 Å². The predicted octanol–water partition coefficient (Wildman–Crippen LogP) is 2.54. The number of allylic oxidation sites excluding steroid dienone is 4. The van der Waals surface area contributed by atoms with E-state index >= 15 is 0 Å². The Balaban J connectivity index is 2.62. The minimum atomic E-state index is -1.00. The van der Waals surface area contributed by atoms with Gasteiger partial charge in [-0.2, -0.15) is 0 Å². The van der Waals surface area contributed by atoms with Crippen molar-refractivity contribution in [2.75, 3.05) is 20.8 Å². The minimum Gasteiger partial charge on any atom is -0.439 e. The third-order valence-corrected chi connectivity index (χ3v) is 7.22. The minimum absolute atomic E-state index is 0.132. The number of nitrogens with two attached hydrogens (primary N) is 1. The molecule has 0 aromatic rings. The summed E-state index contributed by atoms with van der Waals surface area (Å²) in [6.07, 6.45) is 5.34. The van der Waals surface area contributed by atoms with Crippen molar-refractivity contribution < 1.29 is 38.5 Å². The number of hydrogen-bond acceptors (Lipinski definition) is 9. The number of ether oxygens (including phenoxy) is 3. The zero-order valence-electron chi connectivity index (χ0n) is 25.1. The maximum Gasteiger partial charge on any atom is 0.405 e. The zero-order valence-corrected chi connectivity index (χ0v) is 25.1. The molecule has 0 saturated carbocycles. The van der Waals surface area contributed by atoms with Crippen LogP contribution in [0.1, 0.15) is 40.5 Å². The number of nitrogens with one attached hydrogen (secondary N) is 2. The number of aliphatic hydroxyl groups is 1. The zero-order chi connectivity index (χ0) is 31.6. The van der Waals surface area contributed by atoms with E-state index < -0.39 is 53.9 Å². The Bertz CT molecular complexity index is 1210. The third-order valence-electron chi connectivity index (χ3n) is 7.22. The second-order valence-electron chi connectivity index (χ2n) is 10.6. The number of aliphatic hydroxyl groups excluding tert-OH is 1. The van der Waals surface area contributed by atoms with Gasteiger partial charge in [-0.1, -0.05) is 44.2 Å². The lowest BCUT2D eigenvalue weighted by molar-refractivity contribution is -0.120. The highest BCUT2D eigenvalue weighted by Crippen LogP contribution is 2.28. The Morgan fingerprint density at radius 1 is 1.21 bits per heavy atom. The second kappa shape index (κ2) is 16.0. The van der Waals surface area contributed by atoms with Gasteiger partial charge in [0.25, 0.3) is 5.91 Å². The lowest BCUT2D eigenvalue weighted by atomic mass is 9.85. The number of carbonyl (C=O) groups excluding carboxylic acids is 4. The molecule has 2 rings (SSSR count). The molecule has 0 fully saturated rings. The molecule has 0 aromatic carbocycles. The predicted molar refractivity (Wildman–Crippen MR) is 158 cm³/mol. The van der Waals surface area contributed by atoms with Crippen LogP contribution in [0.5, 0.6) is 0 Å². The molecule has 2 aliphatic rings. The number of Topliss-reactive ketones (excluding diaryl/α,β-unsaturated/α-hetero) is 1. The van der Waals surface area contributed by atoms with E-state index in [1.165, 1.54) is 20.3 Å². The topological polar surface area (TPSA) is 166 Å². The van der Waals surface area contributed by atoms with Crippen LogP contribution in [-0.2, 0) is 28.6 Å². The Labute approximate surface area is 247 Å². The van der Waals surface area contributed by atoms with Crippen LogP contribution in [0.2, 0.25) is 0 Å². The van der Waals surface area contributed by atoms with Crippen LogP contribution < -0.4 is 16.4 Å². The molecular weight excluding hydrogens is 542 g/mol. The van der Waals surface area contributed by atoms with E-state index in [2.05, 4.69) is 17.2 Å². The molecule has 0 aromatic heterocycles. The molecule has 0 unspecified atom stereocenters. The smallest absolute Gasteiger partial charge is 0.405 e. The van der Waals surface area contributed by atoms with Crippen molar-refractivity contribution in [3.8, 4) is 0 Å². The molecule has 0 spiro atoms. The number of carbonyl (C=O) groups is 4. The van der Waals surface area contributed by atoms with Crippen molar-refractivity contribution in [1.29, 1.82) is 0 Å². The molecule has 1 heterocycles. The summed E-state index contributed by atoms with van der Waals surface area (Å²) in [5.41, 5.74) is 6.42. The summed E-state index contributed by atoms with van der Waals surface area (Å²) >= 11 is 0. The van der Waals surface area contributed by atoms with Gasteiger partial charge in [-0.15, -0.1) is 6.58 Å². The second-order valence-corrected chi connectivity index (χ2v) is 10.6. The SMILES string of the molecule is C=CCNC1=C2C[C@@H](C)C[C@@H](OC)[C@@H](O)[C@H](C)/C=C(/C)[C@@H](OC(N)=O)[C@H](OC)/C=C/C=C(\C)C(=O)NC(=CC1=O)C2=O. The standard InChI is InChI=1S/C31H43N3O8/c1-8-12-33-26-21-13-17(2)14-25(41-7)27(36)19(4)15-20(5)29(42-31(32)39)24(40-6)11-9-10-18(3)30(38)34-22(28(21)37)16-23(26)35/h8-11,15-17,19,24-25,27,29,33,36H,1,12-14H2,2-7H3,(H2,32,39)(H,34,38)/b11-9+,18-10+,20-15-/t17-,19-,24-,25-,27+,29-/m1/s1. The van der Waals surface area contributed by atoms with Crippen LogP contribution in [0.4, 0.5) is 4.79 Å². The van der Waals surface area contributed by atoms with Crippen molar-refractivity contribution in [3.05, 3.63) is 71.1 Å². The largest absolute Gasteiger partial charge is 0.439 e. The molecule has 11 heteroatoms. The molecule has 1 aliphatic heterocycles. The van der Waals surface area contributed by atoms with Gasteiger partial charge in [0, 0.05) is 43.9 Å². The first-order chi connectivity index (χ1) is 19.8. The highest BCUT2D eigenvalue weighted by molar-refractivity contribution is 6.23. The number of ketones is 2. The Morgan fingerprint density at radius 2 is 1.90 bits per heavy atom. The summed E-state index contributed by atoms with van der Waals surface area (Å²) in [7, 11) is 2.92. The van der Waals surface area contributed by atoms with Crippen molar-refractivity contribution in [2.24, 2.45) is 17.6 Å². The summed E-state index contributed by atoms with van der Waals surface area (Å²) in [6.45, 7) is 10.9. The normalized spacial score (nSPS) is 31.6. The molecule has 5 N–H and O–H groups in total. The third kappa shape index (κ3) is 9.10. The summed E-state index contributed by atoms with van der Waals surface area (Å²) in [5.74, 6) is -2.14. The van der Waals surface area contributed by atoms with E-state index in [-0.39, 0.29) is 41.4 Å². The molecule has 42 heavy (non-hydrogen) atoms. The fraction of sp³-hybridized carbons (Fsp3) is 0.484. The quantitative estimate of drug-likeness (QED) is 0.271. The first-order valence-electron chi connectivity index (χ1n) is 13.8. The average molecular weight is 586 g/mol. The average Bonchev–Trinajstić information content (AvgIpc) is 2.94. The number of hydrogen-bond donors (Lipinski definition) is 4. The van der Waals surface area contributed by atoms with Crippen molar-refractivity contribution in [3.63, 3.8) is 0 Å².